The Morgan fingerprint density at radius 2 is 1.59 bits per heavy atom. The monoisotopic (exact) mass is 482 g/mol. The van der Waals surface area contributed by atoms with Crippen LogP contribution in [0.2, 0.25) is 0 Å². The first-order chi connectivity index (χ1) is 15.9. The molecule has 178 valence electrons. The van der Waals surface area contributed by atoms with Crippen LogP contribution in [-0.4, -0.2) is 27.5 Å². The SMILES string of the molecule is O=C1COc2nccc(-c3ccccc3O)c2CN1Cc1cc(C(F)(F)F)cc(C(F)(F)F)c1. The second-order valence-corrected chi connectivity index (χ2v) is 7.61. The maximum atomic E-state index is 13.2. The van der Waals surface area contributed by atoms with Gasteiger partial charge >= 0.3 is 12.4 Å². The summed E-state index contributed by atoms with van der Waals surface area (Å²) in [5.41, 5.74) is -2.05. The predicted molar refractivity (Wildman–Crippen MR) is 108 cm³/mol. The van der Waals surface area contributed by atoms with Crippen LogP contribution in [0.1, 0.15) is 22.3 Å². The molecule has 2 heterocycles. The highest BCUT2D eigenvalue weighted by Crippen LogP contribution is 2.38. The number of carbonyl (C=O) groups excluding carboxylic acids is 1. The smallest absolute Gasteiger partial charge is 0.416 e. The summed E-state index contributed by atoms with van der Waals surface area (Å²) in [6.45, 7) is -1.23. The van der Waals surface area contributed by atoms with Gasteiger partial charge < -0.3 is 14.7 Å². The van der Waals surface area contributed by atoms with Crippen molar-refractivity contribution in [1.29, 1.82) is 0 Å². The number of phenols is 1. The van der Waals surface area contributed by atoms with Crippen LogP contribution >= 0.6 is 0 Å². The minimum Gasteiger partial charge on any atom is -0.507 e. The van der Waals surface area contributed by atoms with Crippen molar-refractivity contribution in [3.8, 4) is 22.8 Å². The lowest BCUT2D eigenvalue weighted by Crippen LogP contribution is -2.32. The van der Waals surface area contributed by atoms with Gasteiger partial charge in [0.1, 0.15) is 5.75 Å². The number of hydrogen-bond donors (Lipinski definition) is 1. The first kappa shape index (κ1) is 23.4. The number of hydrogen-bond acceptors (Lipinski definition) is 4. The molecule has 1 aliphatic heterocycles. The second kappa shape index (κ2) is 8.54. The van der Waals surface area contributed by atoms with E-state index in [2.05, 4.69) is 4.98 Å². The summed E-state index contributed by atoms with van der Waals surface area (Å²) in [6, 6.07) is 9.11. The van der Waals surface area contributed by atoms with E-state index in [1.165, 1.54) is 12.3 Å². The van der Waals surface area contributed by atoms with Crippen LogP contribution in [-0.2, 0) is 30.2 Å². The van der Waals surface area contributed by atoms with Crippen molar-refractivity contribution in [2.45, 2.75) is 25.4 Å². The van der Waals surface area contributed by atoms with Crippen LogP contribution in [0.3, 0.4) is 0 Å². The minimum absolute atomic E-state index is 0.0341. The third-order valence-electron chi connectivity index (χ3n) is 5.27. The molecule has 0 aliphatic carbocycles. The predicted octanol–water partition coefficient (Wildman–Crippen LogP) is 5.41. The molecule has 0 spiro atoms. The summed E-state index contributed by atoms with van der Waals surface area (Å²) < 4.78 is 84.8. The number of pyridine rings is 1. The molecule has 1 amide bonds. The molecule has 0 saturated heterocycles. The van der Waals surface area contributed by atoms with Gasteiger partial charge in [0.2, 0.25) is 5.88 Å². The summed E-state index contributed by atoms with van der Waals surface area (Å²) in [5, 5.41) is 10.2. The normalized spacial score (nSPS) is 14.4. The van der Waals surface area contributed by atoms with E-state index in [-0.39, 0.29) is 29.8 Å². The van der Waals surface area contributed by atoms with E-state index in [9.17, 15) is 36.2 Å². The first-order valence-corrected chi connectivity index (χ1v) is 9.88. The number of alkyl halides is 6. The molecule has 0 radical (unpaired) electrons. The van der Waals surface area contributed by atoms with Gasteiger partial charge in [0.15, 0.2) is 6.61 Å². The van der Waals surface area contributed by atoms with Crippen LogP contribution in [0.15, 0.2) is 54.7 Å². The van der Waals surface area contributed by atoms with Crippen LogP contribution in [0.25, 0.3) is 11.1 Å². The largest absolute Gasteiger partial charge is 0.507 e. The van der Waals surface area contributed by atoms with E-state index >= 15 is 0 Å². The van der Waals surface area contributed by atoms with Crippen molar-refractivity contribution in [3.63, 3.8) is 0 Å². The number of amides is 1. The minimum atomic E-state index is -5.00. The highest BCUT2D eigenvalue weighted by molar-refractivity contribution is 5.80. The Morgan fingerprint density at radius 1 is 0.941 bits per heavy atom. The third-order valence-corrected chi connectivity index (χ3v) is 5.27. The Morgan fingerprint density at radius 3 is 2.21 bits per heavy atom. The second-order valence-electron chi connectivity index (χ2n) is 7.61. The third kappa shape index (κ3) is 4.78. The fourth-order valence-corrected chi connectivity index (χ4v) is 3.68. The summed E-state index contributed by atoms with van der Waals surface area (Å²) in [4.78, 5) is 17.8. The van der Waals surface area contributed by atoms with Gasteiger partial charge in [-0.15, -0.1) is 0 Å². The maximum absolute atomic E-state index is 13.2. The number of ether oxygens (including phenoxy) is 1. The van der Waals surface area contributed by atoms with E-state index in [0.717, 1.165) is 4.90 Å². The van der Waals surface area contributed by atoms with Crippen molar-refractivity contribution in [2.75, 3.05) is 6.61 Å². The zero-order valence-electron chi connectivity index (χ0n) is 17.2. The molecule has 1 aromatic heterocycles. The van der Waals surface area contributed by atoms with Crippen LogP contribution < -0.4 is 4.74 Å². The number of halogens is 6. The number of carbonyl (C=O) groups is 1. The number of phenolic OH excluding ortho intramolecular Hbond substituents is 1. The Hall–Kier alpha value is -3.76. The number of rotatable bonds is 3. The van der Waals surface area contributed by atoms with Crippen molar-refractivity contribution < 1.29 is 41.0 Å². The topological polar surface area (TPSA) is 62.7 Å². The molecule has 0 saturated carbocycles. The van der Waals surface area contributed by atoms with Crippen molar-refractivity contribution >= 4 is 5.91 Å². The van der Waals surface area contributed by atoms with E-state index in [1.807, 2.05) is 0 Å². The highest BCUT2D eigenvalue weighted by atomic mass is 19.4. The molecule has 11 heteroatoms. The number of benzene rings is 2. The average Bonchev–Trinajstić information content (AvgIpc) is 2.92. The van der Waals surface area contributed by atoms with E-state index in [1.54, 1.807) is 24.3 Å². The van der Waals surface area contributed by atoms with Gasteiger partial charge in [-0.2, -0.15) is 26.3 Å². The number of fused-ring (bicyclic) bond motifs is 1. The van der Waals surface area contributed by atoms with E-state index in [0.29, 0.717) is 28.8 Å². The number of aromatic nitrogens is 1. The summed E-state index contributed by atoms with van der Waals surface area (Å²) in [5.74, 6) is -0.630. The zero-order valence-corrected chi connectivity index (χ0v) is 17.2. The highest BCUT2D eigenvalue weighted by Gasteiger charge is 2.37. The van der Waals surface area contributed by atoms with Gasteiger partial charge in [0.25, 0.3) is 5.91 Å². The molecule has 4 rings (SSSR count). The van der Waals surface area contributed by atoms with Crippen molar-refractivity contribution in [3.05, 3.63) is 77.0 Å². The lowest BCUT2D eigenvalue weighted by Gasteiger charge is -2.22. The molecule has 34 heavy (non-hydrogen) atoms. The van der Waals surface area contributed by atoms with E-state index in [4.69, 9.17) is 4.74 Å². The van der Waals surface area contributed by atoms with Crippen LogP contribution in [0.4, 0.5) is 26.3 Å². The summed E-state index contributed by atoms with van der Waals surface area (Å²) >= 11 is 0. The quantitative estimate of drug-likeness (QED) is 0.507. The molecule has 0 atom stereocenters. The molecule has 3 aromatic rings. The van der Waals surface area contributed by atoms with Crippen molar-refractivity contribution in [2.24, 2.45) is 0 Å². The molecule has 2 aromatic carbocycles. The lowest BCUT2D eigenvalue weighted by atomic mass is 9.99. The Bertz CT molecular complexity index is 1210. The Labute approximate surface area is 189 Å². The Kier molecular flexibility index (Phi) is 5.88. The molecular weight excluding hydrogens is 466 g/mol. The maximum Gasteiger partial charge on any atom is 0.416 e. The van der Waals surface area contributed by atoms with Gasteiger partial charge in [-0.05, 0) is 41.5 Å². The van der Waals surface area contributed by atoms with Crippen molar-refractivity contribution in [1.82, 2.24) is 9.88 Å². The fourth-order valence-electron chi connectivity index (χ4n) is 3.68. The molecular formula is C23H16F6N2O3. The summed E-state index contributed by atoms with van der Waals surface area (Å²) in [6.07, 6.45) is -8.60. The van der Waals surface area contributed by atoms with Crippen LogP contribution in [0, 0.1) is 0 Å². The van der Waals surface area contributed by atoms with Gasteiger partial charge in [-0.3, -0.25) is 4.79 Å². The molecule has 5 nitrogen and oxygen atoms in total. The Balaban J connectivity index is 1.74. The molecule has 1 N–H and O–H groups in total. The molecule has 0 fully saturated rings. The van der Waals surface area contributed by atoms with E-state index < -0.39 is 42.5 Å². The standard InChI is InChI=1S/C23H16F6N2O3/c24-22(25,26)14-7-13(8-15(9-14)23(27,28)29)10-31-11-18-16(17-3-1-2-4-19(17)32)5-6-30-21(18)34-12-20(31)33/h1-9,32H,10-12H2. The van der Waals surface area contributed by atoms with Gasteiger partial charge in [-0.25, -0.2) is 4.98 Å². The number of para-hydroxylation sites is 1. The first-order valence-electron chi connectivity index (χ1n) is 9.88. The molecule has 0 unspecified atom stereocenters. The summed E-state index contributed by atoms with van der Waals surface area (Å²) in [7, 11) is 0. The zero-order chi connectivity index (χ0) is 24.7. The number of nitrogens with zero attached hydrogens (tertiary/aromatic N) is 2. The fraction of sp³-hybridized carbons (Fsp3) is 0.217. The van der Waals surface area contributed by atoms with Gasteiger partial charge in [0, 0.05) is 23.9 Å². The van der Waals surface area contributed by atoms with Gasteiger partial charge in [-0.1, -0.05) is 18.2 Å². The van der Waals surface area contributed by atoms with Gasteiger partial charge in [0.05, 0.1) is 17.7 Å². The van der Waals surface area contributed by atoms with Crippen LogP contribution in [0.5, 0.6) is 11.6 Å². The number of aromatic hydroxyl groups is 1. The average molecular weight is 482 g/mol. The molecule has 0 bridgehead atoms. The lowest BCUT2D eigenvalue weighted by molar-refractivity contribution is -0.143. The molecule has 1 aliphatic rings.